The summed E-state index contributed by atoms with van der Waals surface area (Å²) in [5.74, 6) is 1.06. The summed E-state index contributed by atoms with van der Waals surface area (Å²) in [6.45, 7) is 2.86. The van der Waals surface area contributed by atoms with Gasteiger partial charge in [0.1, 0.15) is 5.82 Å². The maximum absolute atomic E-state index is 5.47. The molecule has 0 aliphatic heterocycles. The Morgan fingerprint density at radius 3 is 2.88 bits per heavy atom. The molecule has 2 aromatic rings. The van der Waals surface area contributed by atoms with E-state index in [9.17, 15) is 0 Å². The van der Waals surface area contributed by atoms with E-state index in [1.807, 2.05) is 12.1 Å². The number of nitrogens with zero attached hydrogens (tertiary/aromatic N) is 3. The van der Waals surface area contributed by atoms with Crippen molar-refractivity contribution < 1.29 is 0 Å². The van der Waals surface area contributed by atoms with Gasteiger partial charge in [-0.2, -0.15) is 0 Å². The number of aryl methyl sites for hydroxylation is 2. The predicted molar refractivity (Wildman–Crippen MR) is 64.3 cm³/mol. The lowest BCUT2D eigenvalue weighted by atomic mass is 10.2. The molecule has 0 saturated heterocycles. The minimum Gasteiger partial charge on any atom is -0.330 e. The number of fused-ring (bicyclic) bond motifs is 1. The van der Waals surface area contributed by atoms with Gasteiger partial charge in [0.2, 0.25) is 0 Å². The average molecular weight is 218 g/mol. The first kappa shape index (κ1) is 11.1. The molecule has 16 heavy (non-hydrogen) atoms. The number of unbranched alkanes of at least 4 members (excludes halogenated alkanes) is 2. The summed E-state index contributed by atoms with van der Waals surface area (Å²) in [6, 6.07) is 6.08. The quantitative estimate of drug-likeness (QED) is 0.777. The summed E-state index contributed by atoms with van der Waals surface area (Å²) >= 11 is 0. The van der Waals surface area contributed by atoms with E-state index in [1.165, 1.54) is 5.69 Å². The van der Waals surface area contributed by atoms with Crippen LogP contribution in [-0.2, 0) is 6.42 Å². The smallest absolute Gasteiger partial charge is 0.160 e. The molecule has 0 aliphatic carbocycles. The molecule has 0 spiro atoms. The third-order valence-corrected chi connectivity index (χ3v) is 2.80. The normalized spacial score (nSPS) is 11.1. The summed E-state index contributed by atoms with van der Waals surface area (Å²) in [7, 11) is 0. The minimum atomic E-state index is 0.777. The van der Waals surface area contributed by atoms with E-state index in [1.54, 1.807) is 0 Å². The van der Waals surface area contributed by atoms with E-state index >= 15 is 0 Å². The van der Waals surface area contributed by atoms with Crippen LogP contribution < -0.4 is 5.73 Å². The largest absolute Gasteiger partial charge is 0.330 e. The highest BCUT2D eigenvalue weighted by Crippen LogP contribution is 2.10. The Hall–Kier alpha value is -1.42. The summed E-state index contributed by atoms with van der Waals surface area (Å²) < 4.78 is 2.13. The lowest BCUT2D eigenvalue weighted by molar-refractivity contribution is 0.664. The van der Waals surface area contributed by atoms with Gasteiger partial charge in [0.25, 0.3) is 0 Å². The van der Waals surface area contributed by atoms with E-state index in [0.717, 1.165) is 43.7 Å². The van der Waals surface area contributed by atoms with Crippen LogP contribution >= 0.6 is 0 Å². The van der Waals surface area contributed by atoms with Crippen LogP contribution in [0.4, 0.5) is 0 Å². The topological polar surface area (TPSA) is 56.2 Å². The molecule has 0 radical (unpaired) electrons. The molecule has 0 fully saturated rings. The molecule has 0 amide bonds. The number of nitrogens with two attached hydrogens (primary N) is 1. The van der Waals surface area contributed by atoms with Gasteiger partial charge in [-0.1, -0.05) is 12.5 Å². The van der Waals surface area contributed by atoms with Crippen molar-refractivity contribution in [3.63, 3.8) is 0 Å². The lowest BCUT2D eigenvalue weighted by Gasteiger charge is -2.02. The Labute approximate surface area is 95.5 Å². The fourth-order valence-corrected chi connectivity index (χ4v) is 1.94. The van der Waals surface area contributed by atoms with Crippen LogP contribution in [-0.4, -0.2) is 21.1 Å². The Morgan fingerprint density at radius 1 is 1.19 bits per heavy atom. The molecule has 2 heterocycles. The van der Waals surface area contributed by atoms with Gasteiger partial charge in [-0.3, -0.25) is 4.40 Å². The van der Waals surface area contributed by atoms with E-state index in [-0.39, 0.29) is 0 Å². The van der Waals surface area contributed by atoms with Crippen LogP contribution in [0.25, 0.3) is 5.65 Å². The molecule has 0 aliphatic rings. The second kappa shape index (κ2) is 5.07. The Kier molecular flexibility index (Phi) is 3.51. The van der Waals surface area contributed by atoms with Gasteiger partial charge < -0.3 is 5.73 Å². The summed E-state index contributed by atoms with van der Waals surface area (Å²) in [4.78, 5) is 0. The summed E-state index contributed by atoms with van der Waals surface area (Å²) in [6.07, 6.45) is 4.37. The lowest BCUT2D eigenvalue weighted by Crippen LogP contribution is -2.01. The van der Waals surface area contributed by atoms with Crippen molar-refractivity contribution in [3.8, 4) is 0 Å². The standard InChI is InChI=1S/C12H18N4/c1-10-6-5-8-12-15-14-11(16(10)12)7-3-2-4-9-13/h5-6,8H,2-4,7,9,13H2,1H3. The number of rotatable bonds is 5. The van der Waals surface area contributed by atoms with Gasteiger partial charge in [-0.25, -0.2) is 0 Å². The average Bonchev–Trinajstić information content (AvgIpc) is 2.69. The van der Waals surface area contributed by atoms with Crippen molar-refractivity contribution in [1.82, 2.24) is 14.6 Å². The highest BCUT2D eigenvalue weighted by Gasteiger charge is 2.06. The molecule has 4 heteroatoms. The van der Waals surface area contributed by atoms with Crippen molar-refractivity contribution in [2.75, 3.05) is 6.54 Å². The summed E-state index contributed by atoms with van der Waals surface area (Å²) in [5.41, 5.74) is 7.60. The minimum absolute atomic E-state index is 0.777. The molecule has 2 N–H and O–H groups in total. The molecule has 0 bridgehead atoms. The van der Waals surface area contributed by atoms with Crippen LogP contribution in [0.5, 0.6) is 0 Å². The van der Waals surface area contributed by atoms with E-state index in [4.69, 9.17) is 5.73 Å². The third-order valence-electron chi connectivity index (χ3n) is 2.80. The zero-order valence-electron chi connectivity index (χ0n) is 9.69. The zero-order valence-corrected chi connectivity index (χ0v) is 9.69. The maximum atomic E-state index is 5.47. The van der Waals surface area contributed by atoms with E-state index < -0.39 is 0 Å². The predicted octanol–water partition coefficient (Wildman–Crippen LogP) is 1.71. The molecule has 0 aromatic carbocycles. The Morgan fingerprint density at radius 2 is 2.06 bits per heavy atom. The Balaban J connectivity index is 2.12. The number of hydrogen-bond acceptors (Lipinski definition) is 3. The monoisotopic (exact) mass is 218 g/mol. The van der Waals surface area contributed by atoms with Crippen molar-refractivity contribution in [2.45, 2.75) is 32.6 Å². The SMILES string of the molecule is Cc1cccc2nnc(CCCCCN)n12. The van der Waals surface area contributed by atoms with E-state index in [0.29, 0.717) is 0 Å². The molecule has 2 aromatic heterocycles. The second-order valence-corrected chi connectivity index (χ2v) is 4.08. The van der Waals surface area contributed by atoms with E-state index in [2.05, 4.69) is 27.6 Å². The maximum Gasteiger partial charge on any atom is 0.160 e. The van der Waals surface area contributed by atoms with Crippen LogP contribution in [0.1, 0.15) is 30.8 Å². The molecule has 0 unspecified atom stereocenters. The highest BCUT2D eigenvalue weighted by atomic mass is 15.2. The van der Waals surface area contributed by atoms with Gasteiger partial charge in [0.05, 0.1) is 0 Å². The first-order chi connectivity index (χ1) is 7.83. The summed E-state index contributed by atoms with van der Waals surface area (Å²) in [5, 5.41) is 8.40. The number of hydrogen-bond donors (Lipinski definition) is 1. The van der Waals surface area contributed by atoms with Crippen LogP contribution in [0.2, 0.25) is 0 Å². The number of pyridine rings is 1. The zero-order chi connectivity index (χ0) is 11.4. The van der Waals surface area contributed by atoms with Gasteiger partial charge in [-0.15, -0.1) is 10.2 Å². The van der Waals surface area contributed by atoms with Crippen molar-refractivity contribution in [2.24, 2.45) is 5.73 Å². The third kappa shape index (κ3) is 2.22. The number of aromatic nitrogens is 3. The fourth-order valence-electron chi connectivity index (χ4n) is 1.94. The highest BCUT2D eigenvalue weighted by molar-refractivity contribution is 5.39. The van der Waals surface area contributed by atoms with Crippen molar-refractivity contribution >= 4 is 5.65 Å². The van der Waals surface area contributed by atoms with Crippen molar-refractivity contribution in [3.05, 3.63) is 29.7 Å². The first-order valence-corrected chi connectivity index (χ1v) is 5.82. The Bertz CT molecular complexity index is 461. The molecule has 0 atom stereocenters. The molecule has 0 saturated carbocycles. The van der Waals surface area contributed by atoms with Crippen molar-refractivity contribution in [1.29, 1.82) is 0 Å². The van der Waals surface area contributed by atoms with Crippen LogP contribution in [0.15, 0.2) is 18.2 Å². The molecule has 86 valence electrons. The second-order valence-electron chi connectivity index (χ2n) is 4.08. The van der Waals surface area contributed by atoms with Gasteiger partial charge in [0, 0.05) is 12.1 Å². The molecule has 2 rings (SSSR count). The van der Waals surface area contributed by atoms with Crippen LogP contribution in [0.3, 0.4) is 0 Å². The molecular formula is C12H18N4. The van der Waals surface area contributed by atoms with Gasteiger partial charge in [-0.05, 0) is 38.4 Å². The van der Waals surface area contributed by atoms with Gasteiger partial charge in [0.15, 0.2) is 5.65 Å². The fraction of sp³-hybridized carbons (Fsp3) is 0.500. The molecule has 4 nitrogen and oxygen atoms in total. The van der Waals surface area contributed by atoms with Gasteiger partial charge >= 0.3 is 0 Å². The molecular weight excluding hydrogens is 200 g/mol. The van der Waals surface area contributed by atoms with Crippen LogP contribution in [0, 0.1) is 6.92 Å². The first-order valence-electron chi connectivity index (χ1n) is 5.82.